The van der Waals surface area contributed by atoms with E-state index in [1.807, 2.05) is 49.4 Å². The highest BCUT2D eigenvalue weighted by molar-refractivity contribution is 5.99. The summed E-state index contributed by atoms with van der Waals surface area (Å²) in [4.78, 5) is 24.6. The van der Waals surface area contributed by atoms with Crippen LogP contribution in [0.5, 0.6) is 5.75 Å². The fourth-order valence-electron chi connectivity index (χ4n) is 3.66. The van der Waals surface area contributed by atoms with Crippen LogP contribution in [-0.2, 0) is 14.1 Å². The van der Waals surface area contributed by atoms with Crippen LogP contribution in [0.15, 0.2) is 47.3 Å². The molecule has 0 amide bonds. The van der Waals surface area contributed by atoms with E-state index in [0.717, 1.165) is 54.9 Å². The summed E-state index contributed by atoms with van der Waals surface area (Å²) in [5.74, 6) is 0.990. The van der Waals surface area contributed by atoms with Gasteiger partial charge in [-0.1, -0.05) is 12.1 Å². The van der Waals surface area contributed by atoms with E-state index in [0.29, 0.717) is 18.6 Å². The number of carbonyl (C=O) groups is 1. The van der Waals surface area contributed by atoms with Crippen molar-refractivity contribution in [2.45, 2.75) is 26.2 Å². The summed E-state index contributed by atoms with van der Waals surface area (Å²) >= 11 is 0. The molecule has 1 aromatic heterocycles. The van der Waals surface area contributed by atoms with E-state index in [1.54, 1.807) is 23.2 Å². The molecule has 0 radical (unpaired) electrons. The maximum absolute atomic E-state index is 12.5. The molecule has 7 heteroatoms. The fourth-order valence-corrected chi connectivity index (χ4v) is 3.66. The zero-order valence-corrected chi connectivity index (χ0v) is 18.6. The quantitative estimate of drug-likeness (QED) is 0.344. The highest BCUT2D eigenvalue weighted by Gasteiger charge is 2.11. The van der Waals surface area contributed by atoms with Crippen LogP contribution in [0.3, 0.4) is 0 Å². The summed E-state index contributed by atoms with van der Waals surface area (Å²) in [7, 11) is 3.47. The van der Waals surface area contributed by atoms with E-state index in [9.17, 15) is 9.59 Å². The second-order valence-corrected chi connectivity index (χ2v) is 7.59. The van der Waals surface area contributed by atoms with Crippen molar-refractivity contribution in [3.8, 4) is 5.75 Å². The third-order valence-electron chi connectivity index (χ3n) is 5.41. The standard InChI is InChI=1S/C24H32N4O3/c1-4-31-23-11-6-5-9-19(23)26-16-15-25-14-8-7-10-22(29)18-12-13-20-21(17-18)28(3)24(30)27(20)2/h5-6,9,11-13,17,25-26H,4,7-8,10,14-16H2,1-3H3. The van der Waals surface area contributed by atoms with Gasteiger partial charge in [-0.25, -0.2) is 4.79 Å². The van der Waals surface area contributed by atoms with Gasteiger partial charge in [-0.2, -0.15) is 0 Å². The number of unbranched alkanes of at least 4 members (excludes halogenated alkanes) is 1. The van der Waals surface area contributed by atoms with Crippen molar-refractivity contribution in [3.63, 3.8) is 0 Å². The van der Waals surface area contributed by atoms with Crippen molar-refractivity contribution in [3.05, 3.63) is 58.5 Å². The fraction of sp³-hybridized carbons (Fsp3) is 0.417. The molecule has 0 spiro atoms. The van der Waals surface area contributed by atoms with Crippen molar-refractivity contribution in [2.75, 3.05) is 31.6 Å². The number of carbonyl (C=O) groups excluding carboxylic acids is 1. The number of nitrogens with zero attached hydrogens (tertiary/aromatic N) is 2. The zero-order valence-electron chi connectivity index (χ0n) is 18.6. The molecule has 2 N–H and O–H groups in total. The van der Waals surface area contributed by atoms with Crippen molar-refractivity contribution < 1.29 is 9.53 Å². The Balaban J connectivity index is 1.36. The van der Waals surface area contributed by atoms with Crippen LogP contribution in [0.4, 0.5) is 5.69 Å². The van der Waals surface area contributed by atoms with Crippen LogP contribution >= 0.6 is 0 Å². The molecular formula is C24H32N4O3. The first-order valence-electron chi connectivity index (χ1n) is 10.9. The number of benzene rings is 2. The Labute approximate surface area is 183 Å². The lowest BCUT2D eigenvalue weighted by molar-refractivity contribution is 0.0979. The number of hydrogen-bond acceptors (Lipinski definition) is 5. The van der Waals surface area contributed by atoms with Gasteiger partial charge in [0.15, 0.2) is 5.78 Å². The van der Waals surface area contributed by atoms with E-state index < -0.39 is 0 Å². The third kappa shape index (κ3) is 5.55. The van der Waals surface area contributed by atoms with Crippen LogP contribution in [0.1, 0.15) is 36.5 Å². The van der Waals surface area contributed by atoms with Gasteiger partial charge in [0, 0.05) is 39.2 Å². The van der Waals surface area contributed by atoms with E-state index in [4.69, 9.17) is 4.74 Å². The number of para-hydroxylation sites is 2. The Morgan fingerprint density at radius 1 is 0.968 bits per heavy atom. The Morgan fingerprint density at radius 2 is 1.74 bits per heavy atom. The first-order chi connectivity index (χ1) is 15.0. The Hall–Kier alpha value is -3.06. The molecule has 0 bridgehead atoms. The molecule has 1 heterocycles. The van der Waals surface area contributed by atoms with Crippen LogP contribution in [0, 0.1) is 0 Å². The molecule has 3 rings (SSSR count). The summed E-state index contributed by atoms with van der Waals surface area (Å²) in [6.45, 7) is 5.14. The molecule has 0 aliphatic carbocycles. The van der Waals surface area contributed by atoms with E-state index in [-0.39, 0.29) is 11.5 Å². The average molecular weight is 425 g/mol. The minimum absolute atomic E-state index is 0.0819. The SMILES string of the molecule is CCOc1ccccc1NCCNCCCCC(=O)c1ccc2c(c1)n(C)c(=O)n2C. The Bertz CT molecular complexity index is 1080. The lowest BCUT2D eigenvalue weighted by Crippen LogP contribution is -2.23. The topological polar surface area (TPSA) is 77.3 Å². The molecule has 31 heavy (non-hydrogen) atoms. The van der Waals surface area contributed by atoms with Gasteiger partial charge in [-0.05, 0) is 56.6 Å². The third-order valence-corrected chi connectivity index (χ3v) is 5.41. The normalized spacial score (nSPS) is 11.1. The largest absolute Gasteiger partial charge is 0.492 e. The van der Waals surface area contributed by atoms with E-state index in [2.05, 4.69) is 10.6 Å². The Morgan fingerprint density at radius 3 is 2.55 bits per heavy atom. The maximum atomic E-state index is 12.5. The molecule has 0 fully saturated rings. The molecule has 0 unspecified atom stereocenters. The average Bonchev–Trinajstić information content (AvgIpc) is 3.00. The summed E-state index contributed by atoms with van der Waals surface area (Å²) < 4.78 is 8.79. The molecule has 2 aromatic carbocycles. The van der Waals surface area contributed by atoms with Crippen LogP contribution < -0.4 is 21.1 Å². The van der Waals surface area contributed by atoms with Crippen molar-refractivity contribution in [1.82, 2.24) is 14.5 Å². The van der Waals surface area contributed by atoms with Crippen molar-refractivity contribution in [1.29, 1.82) is 0 Å². The summed E-state index contributed by atoms with van der Waals surface area (Å²) in [5, 5.41) is 6.79. The number of nitrogens with one attached hydrogen (secondary N) is 2. The van der Waals surface area contributed by atoms with E-state index in [1.165, 1.54) is 0 Å². The highest BCUT2D eigenvalue weighted by atomic mass is 16.5. The summed E-state index contributed by atoms with van der Waals surface area (Å²) in [6.07, 6.45) is 2.28. The number of imidazole rings is 1. The maximum Gasteiger partial charge on any atom is 0.328 e. The molecule has 166 valence electrons. The van der Waals surface area contributed by atoms with Gasteiger partial charge in [0.2, 0.25) is 0 Å². The number of anilines is 1. The van der Waals surface area contributed by atoms with Gasteiger partial charge in [0.05, 0.1) is 23.3 Å². The minimum Gasteiger partial charge on any atom is -0.492 e. The number of aromatic nitrogens is 2. The van der Waals surface area contributed by atoms with E-state index >= 15 is 0 Å². The summed E-state index contributed by atoms with van der Waals surface area (Å²) in [6, 6.07) is 13.4. The van der Waals surface area contributed by atoms with Gasteiger partial charge in [-0.15, -0.1) is 0 Å². The molecule has 3 aromatic rings. The number of fused-ring (bicyclic) bond motifs is 1. The minimum atomic E-state index is -0.0819. The predicted octanol–water partition coefficient (Wildman–Crippen LogP) is 3.33. The first-order valence-corrected chi connectivity index (χ1v) is 10.9. The summed E-state index contributed by atoms with van der Waals surface area (Å²) in [5.41, 5.74) is 3.22. The van der Waals surface area contributed by atoms with Crippen LogP contribution in [0.2, 0.25) is 0 Å². The smallest absolute Gasteiger partial charge is 0.328 e. The lowest BCUT2D eigenvalue weighted by Gasteiger charge is -2.12. The molecule has 0 atom stereocenters. The van der Waals surface area contributed by atoms with Gasteiger partial charge >= 0.3 is 5.69 Å². The van der Waals surface area contributed by atoms with Gasteiger partial charge in [0.25, 0.3) is 0 Å². The molecular weight excluding hydrogens is 392 g/mol. The Kier molecular flexibility index (Phi) is 7.89. The predicted molar refractivity (Wildman–Crippen MR) is 125 cm³/mol. The van der Waals surface area contributed by atoms with Gasteiger partial charge < -0.3 is 15.4 Å². The number of ether oxygens (including phenoxy) is 1. The second-order valence-electron chi connectivity index (χ2n) is 7.59. The number of Topliss-reactive ketones (excluding diaryl/α,β-unsaturated/α-hetero) is 1. The molecule has 7 nitrogen and oxygen atoms in total. The first kappa shape index (κ1) is 22.6. The van der Waals surface area contributed by atoms with Crippen LogP contribution in [0.25, 0.3) is 11.0 Å². The van der Waals surface area contributed by atoms with Gasteiger partial charge in [-0.3, -0.25) is 13.9 Å². The monoisotopic (exact) mass is 424 g/mol. The lowest BCUT2D eigenvalue weighted by atomic mass is 10.0. The van der Waals surface area contributed by atoms with Crippen molar-refractivity contribution in [2.24, 2.45) is 14.1 Å². The zero-order chi connectivity index (χ0) is 22.2. The van der Waals surface area contributed by atoms with Gasteiger partial charge in [0.1, 0.15) is 5.75 Å². The number of rotatable bonds is 12. The number of aryl methyl sites for hydroxylation is 2. The molecule has 0 saturated heterocycles. The van der Waals surface area contributed by atoms with Crippen molar-refractivity contribution >= 4 is 22.5 Å². The molecule has 0 aliphatic heterocycles. The number of hydrogen-bond donors (Lipinski definition) is 2. The highest BCUT2D eigenvalue weighted by Crippen LogP contribution is 2.23. The molecule has 0 aliphatic rings. The van der Waals surface area contributed by atoms with Crippen LogP contribution in [-0.4, -0.2) is 41.2 Å². The number of ketones is 1. The second kappa shape index (κ2) is 10.8. The molecule has 0 saturated carbocycles.